The highest BCUT2D eigenvalue weighted by atomic mass is 35.5. The molecule has 0 aromatic heterocycles. The number of hydrogen-bond donors (Lipinski definition) is 1. The summed E-state index contributed by atoms with van der Waals surface area (Å²) in [5, 5.41) is 8.73. The van der Waals surface area contributed by atoms with Crippen LogP contribution in [-0.4, -0.2) is 17.6 Å². The Morgan fingerprint density at radius 2 is 1.82 bits per heavy atom. The van der Waals surface area contributed by atoms with Gasteiger partial charge in [-0.3, -0.25) is 0 Å². The maximum atomic E-state index is 8.73. The summed E-state index contributed by atoms with van der Waals surface area (Å²) in [6, 6.07) is 0. The second-order valence-electron chi connectivity index (χ2n) is 3.78. The normalized spacial score (nSPS) is 12.0. The standard InChI is InChI=1S/C9H19ClO/c1-9(2,6-8-11)5-3-4-7-10/h11H,3-8H2,1-2H3. The van der Waals surface area contributed by atoms with Crippen LogP contribution in [0.1, 0.15) is 39.5 Å². The van der Waals surface area contributed by atoms with Gasteiger partial charge in [-0.05, 0) is 24.7 Å². The third-order valence-corrected chi connectivity index (χ3v) is 2.29. The number of aliphatic hydroxyl groups is 1. The largest absolute Gasteiger partial charge is 0.396 e. The Bertz CT molecular complexity index is 91.6. The van der Waals surface area contributed by atoms with E-state index in [-0.39, 0.29) is 0 Å². The van der Waals surface area contributed by atoms with Gasteiger partial charge in [0.1, 0.15) is 0 Å². The summed E-state index contributed by atoms with van der Waals surface area (Å²) >= 11 is 5.56. The molecule has 0 aromatic carbocycles. The topological polar surface area (TPSA) is 20.2 Å². The molecule has 0 atom stereocenters. The molecule has 0 saturated heterocycles. The summed E-state index contributed by atoms with van der Waals surface area (Å²) in [5.74, 6) is 0.759. The predicted molar refractivity (Wildman–Crippen MR) is 50.1 cm³/mol. The molecule has 0 fully saturated rings. The molecular weight excluding hydrogens is 160 g/mol. The van der Waals surface area contributed by atoms with Crippen molar-refractivity contribution in [2.24, 2.45) is 5.41 Å². The van der Waals surface area contributed by atoms with Crippen molar-refractivity contribution in [1.82, 2.24) is 0 Å². The monoisotopic (exact) mass is 178 g/mol. The SMILES string of the molecule is CC(C)(CCO)CCCCCl. The van der Waals surface area contributed by atoms with E-state index in [2.05, 4.69) is 13.8 Å². The van der Waals surface area contributed by atoms with Gasteiger partial charge in [0.15, 0.2) is 0 Å². The van der Waals surface area contributed by atoms with Crippen LogP contribution < -0.4 is 0 Å². The fraction of sp³-hybridized carbons (Fsp3) is 1.00. The van der Waals surface area contributed by atoms with E-state index in [1.807, 2.05) is 0 Å². The number of rotatable bonds is 6. The van der Waals surface area contributed by atoms with E-state index in [0.717, 1.165) is 18.7 Å². The first-order valence-electron chi connectivity index (χ1n) is 4.29. The zero-order valence-corrected chi connectivity index (χ0v) is 8.32. The zero-order valence-electron chi connectivity index (χ0n) is 7.57. The molecule has 68 valence electrons. The fourth-order valence-corrected chi connectivity index (χ4v) is 1.31. The molecule has 0 spiro atoms. The van der Waals surface area contributed by atoms with Gasteiger partial charge in [0.05, 0.1) is 0 Å². The number of unbranched alkanes of at least 4 members (excludes halogenated alkanes) is 1. The van der Waals surface area contributed by atoms with Crippen LogP contribution in [0.15, 0.2) is 0 Å². The Labute approximate surface area is 74.8 Å². The van der Waals surface area contributed by atoms with Crippen LogP contribution in [0.25, 0.3) is 0 Å². The Morgan fingerprint density at radius 1 is 1.18 bits per heavy atom. The van der Waals surface area contributed by atoms with Crippen LogP contribution in [0.5, 0.6) is 0 Å². The molecule has 0 bridgehead atoms. The molecular formula is C9H19ClO. The smallest absolute Gasteiger partial charge is 0.0436 e. The zero-order chi connectivity index (χ0) is 8.74. The molecule has 0 aliphatic carbocycles. The number of aliphatic hydroxyl groups excluding tert-OH is 1. The minimum Gasteiger partial charge on any atom is -0.396 e. The molecule has 0 saturated carbocycles. The van der Waals surface area contributed by atoms with Gasteiger partial charge in [0.2, 0.25) is 0 Å². The van der Waals surface area contributed by atoms with Crippen LogP contribution in [0.2, 0.25) is 0 Å². The highest BCUT2D eigenvalue weighted by molar-refractivity contribution is 6.17. The Hall–Kier alpha value is 0.250. The summed E-state index contributed by atoms with van der Waals surface area (Å²) in [5.41, 5.74) is 0.292. The first-order chi connectivity index (χ1) is 5.12. The second-order valence-corrected chi connectivity index (χ2v) is 4.16. The Kier molecular flexibility index (Phi) is 5.98. The number of halogens is 1. The van der Waals surface area contributed by atoms with Crippen LogP contribution in [0.4, 0.5) is 0 Å². The molecule has 0 aromatic rings. The second kappa shape index (κ2) is 5.84. The lowest BCUT2D eigenvalue weighted by molar-refractivity contribution is 0.199. The summed E-state index contributed by atoms with van der Waals surface area (Å²) in [6.07, 6.45) is 4.34. The lowest BCUT2D eigenvalue weighted by atomic mass is 9.84. The average Bonchev–Trinajstić information content (AvgIpc) is 1.87. The van der Waals surface area contributed by atoms with Crippen molar-refractivity contribution in [2.45, 2.75) is 39.5 Å². The predicted octanol–water partition coefficient (Wildman–Crippen LogP) is 2.80. The highest BCUT2D eigenvalue weighted by Crippen LogP contribution is 2.26. The van der Waals surface area contributed by atoms with Gasteiger partial charge in [-0.1, -0.05) is 20.3 Å². The molecule has 0 rings (SSSR count). The minimum atomic E-state index is 0.292. The lowest BCUT2D eigenvalue weighted by Gasteiger charge is -2.22. The molecule has 0 radical (unpaired) electrons. The van der Waals surface area contributed by atoms with E-state index in [0.29, 0.717) is 12.0 Å². The van der Waals surface area contributed by atoms with Gasteiger partial charge in [-0.15, -0.1) is 11.6 Å². The van der Waals surface area contributed by atoms with E-state index >= 15 is 0 Å². The van der Waals surface area contributed by atoms with Gasteiger partial charge in [0.25, 0.3) is 0 Å². The maximum Gasteiger partial charge on any atom is 0.0436 e. The molecule has 2 heteroatoms. The molecule has 0 heterocycles. The van der Waals surface area contributed by atoms with Gasteiger partial charge >= 0.3 is 0 Å². The lowest BCUT2D eigenvalue weighted by Crippen LogP contribution is -2.13. The van der Waals surface area contributed by atoms with Crippen LogP contribution >= 0.6 is 11.6 Å². The maximum absolute atomic E-state index is 8.73. The van der Waals surface area contributed by atoms with Gasteiger partial charge in [-0.25, -0.2) is 0 Å². The summed E-state index contributed by atoms with van der Waals surface area (Å²) in [4.78, 5) is 0. The van der Waals surface area contributed by atoms with Crippen LogP contribution in [0.3, 0.4) is 0 Å². The van der Waals surface area contributed by atoms with E-state index in [1.165, 1.54) is 12.8 Å². The quantitative estimate of drug-likeness (QED) is 0.490. The van der Waals surface area contributed by atoms with Crippen molar-refractivity contribution >= 4 is 11.6 Å². The molecule has 0 amide bonds. The van der Waals surface area contributed by atoms with Gasteiger partial charge < -0.3 is 5.11 Å². The first kappa shape index (κ1) is 11.2. The van der Waals surface area contributed by atoms with Crippen molar-refractivity contribution in [3.8, 4) is 0 Å². The minimum absolute atomic E-state index is 0.292. The molecule has 11 heavy (non-hydrogen) atoms. The number of hydrogen-bond acceptors (Lipinski definition) is 1. The first-order valence-corrected chi connectivity index (χ1v) is 4.83. The Balaban J connectivity index is 3.38. The van der Waals surface area contributed by atoms with Crippen molar-refractivity contribution in [3.05, 3.63) is 0 Å². The summed E-state index contributed by atoms with van der Waals surface area (Å²) in [6.45, 7) is 4.68. The molecule has 1 nitrogen and oxygen atoms in total. The third kappa shape index (κ3) is 6.64. The van der Waals surface area contributed by atoms with Crippen LogP contribution in [-0.2, 0) is 0 Å². The van der Waals surface area contributed by atoms with Crippen molar-refractivity contribution in [2.75, 3.05) is 12.5 Å². The van der Waals surface area contributed by atoms with Gasteiger partial charge in [0, 0.05) is 12.5 Å². The van der Waals surface area contributed by atoms with Crippen LogP contribution in [0, 0.1) is 5.41 Å². The van der Waals surface area contributed by atoms with Crippen molar-refractivity contribution in [3.63, 3.8) is 0 Å². The third-order valence-electron chi connectivity index (χ3n) is 2.03. The average molecular weight is 179 g/mol. The molecule has 1 N–H and O–H groups in total. The summed E-state index contributed by atoms with van der Waals surface area (Å²) < 4.78 is 0. The molecule has 0 aliphatic rings. The fourth-order valence-electron chi connectivity index (χ4n) is 1.13. The van der Waals surface area contributed by atoms with E-state index in [9.17, 15) is 0 Å². The van der Waals surface area contributed by atoms with Crippen molar-refractivity contribution < 1.29 is 5.11 Å². The Morgan fingerprint density at radius 3 is 2.27 bits per heavy atom. The summed E-state index contributed by atoms with van der Waals surface area (Å²) in [7, 11) is 0. The molecule has 0 unspecified atom stereocenters. The van der Waals surface area contributed by atoms with E-state index in [1.54, 1.807) is 0 Å². The molecule has 0 aliphatic heterocycles. The van der Waals surface area contributed by atoms with Gasteiger partial charge in [-0.2, -0.15) is 0 Å². The highest BCUT2D eigenvalue weighted by Gasteiger charge is 2.15. The van der Waals surface area contributed by atoms with E-state index < -0.39 is 0 Å². The van der Waals surface area contributed by atoms with E-state index in [4.69, 9.17) is 16.7 Å². The van der Waals surface area contributed by atoms with Crippen molar-refractivity contribution in [1.29, 1.82) is 0 Å². The number of alkyl halides is 1.